The van der Waals surface area contributed by atoms with E-state index in [1.165, 1.54) is 0 Å². The van der Waals surface area contributed by atoms with Crippen LogP contribution in [0, 0.1) is 0 Å². The second kappa shape index (κ2) is 3.10. The monoisotopic (exact) mass is 159 g/mol. The topological polar surface area (TPSA) is 72.7 Å². The van der Waals surface area contributed by atoms with Crippen LogP contribution in [0.3, 0.4) is 0 Å². The van der Waals surface area contributed by atoms with Crippen molar-refractivity contribution in [3.63, 3.8) is 0 Å². The van der Waals surface area contributed by atoms with Crippen LogP contribution in [0.4, 0.5) is 0 Å². The quantitative estimate of drug-likeness (QED) is 0.308. The summed E-state index contributed by atoms with van der Waals surface area (Å²) in [6.45, 7) is 1.59. The van der Waals surface area contributed by atoms with E-state index >= 15 is 0 Å². The van der Waals surface area contributed by atoms with E-state index in [4.69, 9.17) is 5.11 Å². The van der Waals surface area contributed by atoms with Crippen molar-refractivity contribution in [3.8, 4) is 0 Å². The summed E-state index contributed by atoms with van der Waals surface area (Å²) in [4.78, 5) is 0. The van der Waals surface area contributed by atoms with Gasteiger partial charge < -0.3 is 20.6 Å². The minimum absolute atomic E-state index is 0.149. The molecule has 0 aromatic carbocycles. The van der Waals surface area contributed by atoms with Crippen molar-refractivity contribution in [1.29, 1.82) is 0 Å². The Bertz CT molecular complexity index is 144. The van der Waals surface area contributed by atoms with E-state index in [-0.39, 0.29) is 5.94 Å². The van der Waals surface area contributed by atoms with Gasteiger partial charge in [-0.1, -0.05) is 0 Å². The van der Waals surface area contributed by atoms with E-state index < -0.39 is 24.4 Å². The molecule has 1 heterocycles. The maximum atomic E-state index is 9.33. The summed E-state index contributed by atoms with van der Waals surface area (Å²) in [6, 6.07) is -0.403. The summed E-state index contributed by atoms with van der Waals surface area (Å²) in [6.07, 6.45) is -2.26. The third-order valence-corrected chi connectivity index (χ3v) is 2.21. The van der Waals surface area contributed by atoms with Crippen molar-refractivity contribution in [1.82, 2.24) is 5.32 Å². The van der Waals surface area contributed by atoms with Gasteiger partial charge in [0.2, 0.25) is 0 Å². The first-order valence-electron chi connectivity index (χ1n) is 3.84. The standard InChI is InChI=1S/C6H14BNO3/c1-2(9)3-4(10)5(11)6(7)8-3/h2-6,8-11H,7H2,1H3/t2?,3-,4-,5-,6-/m1/s1. The largest absolute Gasteiger partial charge is 0.392 e. The Kier molecular flexibility index (Phi) is 2.54. The summed E-state index contributed by atoms with van der Waals surface area (Å²) < 4.78 is 0. The van der Waals surface area contributed by atoms with Crippen LogP contribution in [0.25, 0.3) is 0 Å². The first kappa shape index (κ1) is 9.00. The van der Waals surface area contributed by atoms with Crippen LogP contribution in [-0.2, 0) is 0 Å². The third kappa shape index (κ3) is 1.56. The van der Waals surface area contributed by atoms with Crippen molar-refractivity contribution >= 4 is 7.85 Å². The Morgan fingerprint density at radius 1 is 1.36 bits per heavy atom. The molecule has 0 radical (unpaired) electrons. The molecular formula is C6H14BNO3. The zero-order valence-electron chi connectivity index (χ0n) is 6.73. The Balaban J connectivity index is 2.59. The van der Waals surface area contributed by atoms with E-state index in [1.807, 2.05) is 0 Å². The molecule has 64 valence electrons. The van der Waals surface area contributed by atoms with Crippen molar-refractivity contribution in [2.24, 2.45) is 0 Å². The van der Waals surface area contributed by atoms with Crippen molar-refractivity contribution in [3.05, 3.63) is 0 Å². The van der Waals surface area contributed by atoms with Crippen LogP contribution in [0.15, 0.2) is 0 Å². The molecule has 1 aliphatic rings. The molecule has 11 heavy (non-hydrogen) atoms. The molecule has 0 aliphatic carbocycles. The zero-order valence-corrected chi connectivity index (χ0v) is 6.73. The van der Waals surface area contributed by atoms with Gasteiger partial charge in [0.1, 0.15) is 7.85 Å². The molecule has 0 amide bonds. The predicted molar refractivity (Wildman–Crippen MR) is 43.0 cm³/mol. The molecule has 1 aliphatic heterocycles. The lowest BCUT2D eigenvalue weighted by molar-refractivity contribution is 0.00946. The van der Waals surface area contributed by atoms with E-state index in [0.717, 1.165) is 0 Å². The van der Waals surface area contributed by atoms with Gasteiger partial charge in [0.05, 0.1) is 24.4 Å². The Labute approximate surface area is 66.6 Å². The number of hydrogen-bond acceptors (Lipinski definition) is 4. The second-order valence-corrected chi connectivity index (χ2v) is 3.20. The van der Waals surface area contributed by atoms with Crippen LogP contribution in [-0.4, -0.2) is 53.5 Å². The summed E-state index contributed by atoms with van der Waals surface area (Å²) in [5.41, 5.74) is 0. The molecule has 0 aromatic rings. The molecule has 5 heteroatoms. The Hall–Kier alpha value is -0.0951. The molecule has 0 saturated carbocycles. The normalized spacial score (nSPS) is 47.6. The van der Waals surface area contributed by atoms with Gasteiger partial charge in [-0.05, 0) is 6.92 Å². The van der Waals surface area contributed by atoms with Crippen molar-refractivity contribution < 1.29 is 15.3 Å². The fourth-order valence-electron chi connectivity index (χ4n) is 1.43. The molecule has 0 spiro atoms. The maximum Gasteiger partial charge on any atom is 0.126 e. The Morgan fingerprint density at radius 2 is 1.91 bits per heavy atom. The predicted octanol–water partition coefficient (Wildman–Crippen LogP) is -2.98. The summed E-state index contributed by atoms with van der Waals surface area (Å²) in [7, 11) is 1.77. The van der Waals surface area contributed by atoms with Crippen LogP contribution in [0.2, 0.25) is 0 Å². The lowest BCUT2D eigenvalue weighted by Crippen LogP contribution is -2.42. The van der Waals surface area contributed by atoms with E-state index in [9.17, 15) is 10.2 Å². The van der Waals surface area contributed by atoms with Crippen LogP contribution in [0.1, 0.15) is 6.92 Å². The van der Waals surface area contributed by atoms with Gasteiger partial charge in [0.25, 0.3) is 0 Å². The van der Waals surface area contributed by atoms with Gasteiger partial charge in [0.15, 0.2) is 0 Å². The van der Waals surface area contributed by atoms with Gasteiger partial charge in [-0.2, -0.15) is 0 Å². The molecule has 1 saturated heterocycles. The highest BCUT2D eigenvalue weighted by Crippen LogP contribution is 2.14. The average molecular weight is 159 g/mol. The third-order valence-electron chi connectivity index (χ3n) is 2.21. The number of rotatable bonds is 1. The Morgan fingerprint density at radius 3 is 2.09 bits per heavy atom. The average Bonchev–Trinajstić information content (AvgIpc) is 2.17. The summed E-state index contributed by atoms with van der Waals surface area (Å²) >= 11 is 0. The molecule has 1 unspecified atom stereocenters. The first-order valence-corrected chi connectivity index (χ1v) is 3.84. The molecule has 4 N–H and O–H groups in total. The second-order valence-electron chi connectivity index (χ2n) is 3.20. The maximum absolute atomic E-state index is 9.33. The van der Waals surface area contributed by atoms with Gasteiger partial charge in [-0.15, -0.1) is 0 Å². The molecule has 0 bridgehead atoms. The molecule has 0 aromatic heterocycles. The first-order chi connectivity index (χ1) is 5.04. The lowest BCUT2D eigenvalue weighted by atomic mass is 9.91. The summed E-state index contributed by atoms with van der Waals surface area (Å²) in [5.74, 6) is -0.149. The molecule has 1 fully saturated rings. The highest BCUT2D eigenvalue weighted by Gasteiger charge is 2.40. The molecule has 5 atom stereocenters. The highest BCUT2D eigenvalue weighted by molar-refractivity contribution is 6.12. The van der Waals surface area contributed by atoms with Crippen LogP contribution in [0.5, 0.6) is 0 Å². The fraction of sp³-hybridized carbons (Fsp3) is 1.00. The minimum Gasteiger partial charge on any atom is -0.392 e. The van der Waals surface area contributed by atoms with Crippen molar-refractivity contribution in [2.45, 2.75) is 37.2 Å². The lowest BCUT2D eigenvalue weighted by Gasteiger charge is -2.18. The molecule has 1 rings (SSSR count). The fourth-order valence-corrected chi connectivity index (χ4v) is 1.43. The van der Waals surface area contributed by atoms with Gasteiger partial charge in [0, 0.05) is 5.94 Å². The number of hydrogen-bond donors (Lipinski definition) is 4. The number of aliphatic hydroxyl groups excluding tert-OH is 3. The minimum atomic E-state index is -0.856. The highest BCUT2D eigenvalue weighted by atomic mass is 16.3. The number of nitrogens with one attached hydrogen (secondary N) is 1. The van der Waals surface area contributed by atoms with Gasteiger partial charge in [-0.25, -0.2) is 0 Å². The van der Waals surface area contributed by atoms with E-state index in [0.29, 0.717) is 0 Å². The number of aliphatic hydroxyl groups is 3. The van der Waals surface area contributed by atoms with Gasteiger partial charge >= 0.3 is 0 Å². The van der Waals surface area contributed by atoms with E-state index in [1.54, 1.807) is 14.8 Å². The molecular weight excluding hydrogens is 145 g/mol. The summed E-state index contributed by atoms with van der Waals surface area (Å²) in [5, 5.41) is 30.6. The molecule has 4 nitrogen and oxygen atoms in total. The smallest absolute Gasteiger partial charge is 0.126 e. The zero-order chi connectivity index (χ0) is 8.59. The van der Waals surface area contributed by atoms with Crippen LogP contribution >= 0.6 is 0 Å². The van der Waals surface area contributed by atoms with E-state index in [2.05, 4.69) is 5.32 Å². The van der Waals surface area contributed by atoms with Crippen molar-refractivity contribution in [2.75, 3.05) is 0 Å². The van der Waals surface area contributed by atoms with Crippen LogP contribution < -0.4 is 5.32 Å². The van der Waals surface area contributed by atoms with Gasteiger partial charge in [-0.3, -0.25) is 0 Å². The SMILES string of the molecule is B[C@@H]1N[C@H](C(C)O)[C@@H](O)[C@H]1O.